The van der Waals surface area contributed by atoms with Crippen LogP contribution < -0.4 is 11.1 Å². The summed E-state index contributed by atoms with van der Waals surface area (Å²) in [5.74, 6) is 4.53. The highest BCUT2D eigenvalue weighted by molar-refractivity contribution is 5.92. The van der Waals surface area contributed by atoms with E-state index in [1.807, 2.05) is 6.07 Å². The fourth-order valence-electron chi connectivity index (χ4n) is 1.72. The van der Waals surface area contributed by atoms with Crippen LogP contribution in [0.2, 0.25) is 0 Å². The SMILES string of the molecule is NCC#Cc1cc(NC(=O)Cc2ccccn2)ccc1F. The summed E-state index contributed by atoms with van der Waals surface area (Å²) >= 11 is 0. The summed E-state index contributed by atoms with van der Waals surface area (Å²) in [5.41, 5.74) is 6.61. The number of carbonyl (C=O) groups excluding carboxylic acids is 1. The van der Waals surface area contributed by atoms with Gasteiger partial charge in [0.05, 0.1) is 18.5 Å². The summed E-state index contributed by atoms with van der Waals surface area (Å²) in [6, 6.07) is 9.59. The van der Waals surface area contributed by atoms with Gasteiger partial charge in [0.1, 0.15) is 5.82 Å². The van der Waals surface area contributed by atoms with Gasteiger partial charge in [-0.2, -0.15) is 0 Å². The maximum absolute atomic E-state index is 13.5. The molecule has 0 aliphatic rings. The molecule has 1 aromatic heterocycles. The molecule has 5 heteroatoms. The molecule has 3 N–H and O–H groups in total. The number of amides is 1. The van der Waals surface area contributed by atoms with Crippen LogP contribution in [0.25, 0.3) is 0 Å². The average Bonchev–Trinajstić information content (AvgIpc) is 2.48. The molecule has 21 heavy (non-hydrogen) atoms. The molecule has 0 atom stereocenters. The van der Waals surface area contributed by atoms with Crippen LogP contribution in [0, 0.1) is 17.7 Å². The Kier molecular flexibility index (Phi) is 5.02. The van der Waals surface area contributed by atoms with Crippen molar-refractivity contribution in [2.24, 2.45) is 5.73 Å². The summed E-state index contributed by atoms with van der Waals surface area (Å²) in [5, 5.41) is 2.69. The van der Waals surface area contributed by atoms with Crippen LogP contribution in [0.4, 0.5) is 10.1 Å². The maximum Gasteiger partial charge on any atom is 0.230 e. The van der Waals surface area contributed by atoms with E-state index in [4.69, 9.17) is 5.73 Å². The summed E-state index contributed by atoms with van der Waals surface area (Å²) in [6.45, 7) is 0.149. The van der Waals surface area contributed by atoms with Crippen LogP contribution in [0.15, 0.2) is 42.6 Å². The topological polar surface area (TPSA) is 68.0 Å². The smallest absolute Gasteiger partial charge is 0.230 e. The third kappa shape index (κ3) is 4.41. The Balaban J connectivity index is 2.07. The molecular formula is C16H14FN3O. The second-order valence-corrected chi connectivity index (χ2v) is 4.25. The number of carbonyl (C=O) groups is 1. The third-order valence-corrected chi connectivity index (χ3v) is 2.64. The molecule has 0 spiro atoms. The molecular weight excluding hydrogens is 269 g/mol. The lowest BCUT2D eigenvalue weighted by Gasteiger charge is -2.06. The van der Waals surface area contributed by atoms with Crippen molar-refractivity contribution in [1.29, 1.82) is 0 Å². The second-order valence-electron chi connectivity index (χ2n) is 4.25. The fourth-order valence-corrected chi connectivity index (χ4v) is 1.72. The number of nitrogens with two attached hydrogens (primary N) is 1. The molecule has 1 heterocycles. The van der Waals surface area contributed by atoms with Crippen molar-refractivity contribution in [3.8, 4) is 11.8 Å². The van der Waals surface area contributed by atoms with Crippen molar-refractivity contribution in [2.75, 3.05) is 11.9 Å². The Bertz CT molecular complexity index is 690. The highest BCUT2D eigenvalue weighted by Crippen LogP contribution is 2.14. The number of anilines is 1. The number of benzene rings is 1. The molecule has 0 bridgehead atoms. The molecule has 0 fully saturated rings. The number of hydrogen-bond acceptors (Lipinski definition) is 3. The Morgan fingerprint density at radius 3 is 2.90 bits per heavy atom. The molecule has 106 valence electrons. The minimum atomic E-state index is -0.446. The van der Waals surface area contributed by atoms with E-state index >= 15 is 0 Å². The van der Waals surface area contributed by atoms with Crippen LogP contribution in [0.5, 0.6) is 0 Å². The normalized spacial score (nSPS) is 9.62. The predicted octanol–water partition coefficient (Wildman–Crippen LogP) is 1.71. The van der Waals surface area contributed by atoms with Gasteiger partial charge in [0.15, 0.2) is 0 Å². The first kappa shape index (κ1) is 14.7. The van der Waals surface area contributed by atoms with E-state index in [2.05, 4.69) is 22.1 Å². The third-order valence-electron chi connectivity index (χ3n) is 2.64. The van der Waals surface area contributed by atoms with Crippen molar-refractivity contribution in [1.82, 2.24) is 4.98 Å². The number of halogens is 1. The molecule has 0 aliphatic carbocycles. The van der Waals surface area contributed by atoms with E-state index in [1.165, 1.54) is 18.2 Å². The maximum atomic E-state index is 13.5. The van der Waals surface area contributed by atoms with E-state index < -0.39 is 5.82 Å². The molecule has 0 unspecified atom stereocenters. The summed E-state index contributed by atoms with van der Waals surface area (Å²) in [6.07, 6.45) is 1.78. The quantitative estimate of drug-likeness (QED) is 0.843. The van der Waals surface area contributed by atoms with Crippen molar-refractivity contribution < 1.29 is 9.18 Å². The Labute approximate surface area is 122 Å². The Morgan fingerprint density at radius 2 is 2.19 bits per heavy atom. The van der Waals surface area contributed by atoms with E-state index in [9.17, 15) is 9.18 Å². The predicted molar refractivity (Wildman–Crippen MR) is 78.9 cm³/mol. The standard InChI is InChI=1S/C16H14FN3O/c17-15-7-6-14(10-12(15)4-3-8-18)20-16(21)11-13-5-1-2-9-19-13/h1-2,5-7,9-10H,8,11,18H2,(H,20,21). The van der Waals surface area contributed by atoms with Gasteiger partial charge in [0.2, 0.25) is 5.91 Å². The van der Waals surface area contributed by atoms with Gasteiger partial charge in [-0.3, -0.25) is 9.78 Å². The summed E-state index contributed by atoms with van der Waals surface area (Å²) in [7, 11) is 0. The first-order chi connectivity index (χ1) is 10.2. The molecule has 2 aromatic rings. The van der Waals surface area contributed by atoms with E-state index in [-0.39, 0.29) is 24.4 Å². The van der Waals surface area contributed by atoms with Crippen molar-refractivity contribution in [2.45, 2.75) is 6.42 Å². The van der Waals surface area contributed by atoms with E-state index in [0.717, 1.165) is 0 Å². The van der Waals surface area contributed by atoms with Crippen LogP contribution in [0.1, 0.15) is 11.3 Å². The van der Waals surface area contributed by atoms with Gasteiger partial charge in [-0.15, -0.1) is 0 Å². The van der Waals surface area contributed by atoms with Gasteiger partial charge in [0.25, 0.3) is 0 Å². The molecule has 0 aliphatic heterocycles. The van der Waals surface area contributed by atoms with Gasteiger partial charge >= 0.3 is 0 Å². The zero-order chi connectivity index (χ0) is 15.1. The second kappa shape index (κ2) is 7.17. The molecule has 0 radical (unpaired) electrons. The van der Waals surface area contributed by atoms with Crippen LogP contribution in [-0.4, -0.2) is 17.4 Å². The number of pyridine rings is 1. The van der Waals surface area contributed by atoms with Crippen LogP contribution >= 0.6 is 0 Å². The van der Waals surface area contributed by atoms with Crippen LogP contribution in [-0.2, 0) is 11.2 Å². The highest BCUT2D eigenvalue weighted by atomic mass is 19.1. The highest BCUT2D eigenvalue weighted by Gasteiger charge is 2.07. The van der Waals surface area contributed by atoms with Gasteiger partial charge in [0, 0.05) is 17.6 Å². The lowest BCUT2D eigenvalue weighted by atomic mass is 10.2. The average molecular weight is 283 g/mol. The Hall–Kier alpha value is -2.71. The van der Waals surface area contributed by atoms with Gasteiger partial charge < -0.3 is 11.1 Å². The molecule has 1 aromatic carbocycles. The van der Waals surface area contributed by atoms with Crippen molar-refractivity contribution in [3.05, 3.63) is 59.7 Å². The van der Waals surface area contributed by atoms with Crippen molar-refractivity contribution in [3.63, 3.8) is 0 Å². The summed E-state index contributed by atoms with van der Waals surface area (Å²) in [4.78, 5) is 16.0. The zero-order valence-electron chi connectivity index (χ0n) is 11.3. The fraction of sp³-hybridized carbons (Fsp3) is 0.125. The van der Waals surface area contributed by atoms with Gasteiger partial charge in [-0.1, -0.05) is 17.9 Å². The molecule has 4 nitrogen and oxygen atoms in total. The molecule has 0 saturated heterocycles. The van der Waals surface area contributed by atoms with Crippen molar-refractivity contribution >= 4 is 11.6 Å². The number of nitrogens with one attached hydrogen (secondary N) is 1. The first-order valence-corrected chi connectivity index (χ1v) is 6.37. The number of rotatable bonds is 3. The van der Waals surface area contributed by atoms with E-state index in [0.29, 0.717) is 11.4 Å². The minimum absolute atomic E-state index is 0.149. The van der Waals surface area contributed by atoms with E-state index in [1.54, 1.807) is 18.3 Å². The zero-order valence-corrected chi connectivity index (χ0v) is 11.3. The van der Waals surface area contributed by atoms with Gasteiger partial charge in [-0.05, 0) is 30.3 Å². The molecule has 0 saturated carbocycles. The first-order valence-electron chi connectivity index (χ1n) is 6.37. The van der Waals surface area contributed by atoms with Gasteiger partial charge in [-0.25, -0.2) is 4.39 Å². The van der Waals surface area contributed by atoms with Crippen LogP contribution in [0.3, 0.4) is 0 Å². The number of hydrogen-bond donors (Lipinski definition) is 2. The monoisotopic (exact) mass is 283 g/mol. The number of aromatic nitrogens is 1. The largest absolute Gasteiger partial charge is 0.326 e. The molecule has 2 rings (SSSR count). The summed E-state index contributed by atoms with van der Waals surface area (Å²) < 4.78 is 13.5. The lowest BCUT2D eigenvalue weighted by Crippen LogP contribution is -2.15. The lowest BCUT2D eigenvalue weighted by molar-refractivity contribution is -0.115. The minimum Gasteiger partial charge on any atom is -0.326 e. The number of nitrogens with zero attached hydrogens (tertiary/aromatic N) is 1. The Morgan fingerprint density at radius 1 is 1.33 bits per heavy atom. The molecule has 1 amide bonds.